The standard InChI is InChI=1S/C24H27F3N2O5/c1-17(19-6-8-21(31-2)9-7-19)28-34-16-23(30)29-10-11-33-22(13-29)15-32-14-18-4-3-5-20(12-18)24(25,26)27/h3-9,12,22H,10-11,13-16H2,1-2H3/b28-17-/t22-/m0/s1. The van der Waals surface area contributed by atoms with E-state index < -0.39 is 11.7 Å². The highest BCUT2D eigenvalue weighted by Gasteiger charge is 2.30. The van der Waals surface area contributed by atoms with Crippen molar-refractivity contribution in [2.75, 3.05) is 40.0 Å². The van der Waals surface area contributed by atoms with Crippen molar-refractivity contribution in [3.63, 3.8) is 0 Å². The molecule has 1 aliphatic heterocycles. The lowest BCUT2D eigenvalue weighted by molar-refractivity contribution is -0.146. The van der Waals surface area contributed by atoms with E-state index in [0.717, 1.165) is 23.4 Å². The quantitative estimate of drug-likeness (QED) is 0.402. The Bertz CT molecular complexity index is 979. The summed E-state index contributed by atoms with van der Waals surface area (Å²) in [5.74, 6) is 0.491. The monoisotopic (exact) mass is 480 g/mol. The van der Waals surface area contributed by atoms with Gasteiger partial charge in [0.2, 0.25) is 0 Å². The molecule has 0 radical (unpaired) electrons. The molecular formula is C24H27F3N2O5. The zero-order chi connectivity index (χ0) is 24.6. The van der Waals surface area contributed by atoms with E-state index in [0.29, 0.717) is 31.0 Å². The first kappa shape index (κ1) is 25.5. The van der Waals surface area contributed by atoms with Crippen LogP contribution in [0.1, 0.15) is 23.6 Å². The van der Waals surface area contributed by atoms with Crippen molar-refractivity contribution in [2.45, 2.75) is 25.8 Å². The molecule has 0 saturated carbocycles. The van der Waals surface area contributed by atoms with Gasteiger partial charge in [-0.1, -0.05) is 17.3 Å². The van der Waals surface area contributed by atoms with Crippen LogP contribution in [0.15, 0.2) is 53.7 Å². The van der Waals surface area contributed by atoms with Crippen molar-refractivity contribution in [1.29, 1.82) is 0 Å². The molecule has 0 aromatic heterocycles. The van der Waals surface area contributed by atoms with Crippen LogP contribution in [0.25, 0.3) is 0 Å². The Morgan fingerprint density at radius 2 is 1.97 bits per heavy atom. The third kappa shape index (κ3) is 7.46. The summed E-state index contributed by atoms with van der Waals surface area (Å²) in [6.07, 6.45) is -4.78. The van der Waals surface area contributed by atoms with E-state index in [-0.39, 0.29) is 31.8 Å². The lowest BCUT2D eigenvalue weighted by Gasteiger charge is -2.32. The summed E-state index contributed by atoms with van der Waals surface area (Å²) >= 11 is 0. The Kier molecular flexibility index (Phi) is 8.89. The zero-order valence-electron chi connectivity index (χ0n) is 19.0. The maximum atomic E-state index is 12.8. The molecule has 0 unspecified atom stereocenters. The highest BCUT2D eigenvalue weighted by molar-refractivity contribution is 5.98. The summed E-state index contributed by atoms with van der Waals surface area (Å²) in [5.41, 5.74) is 1.16. The number of ether oxygens (including phenoxy) is 3. The van der Waals surface area contributed by atoms with Crippen LogP contribution in [0.4, 0.5) is 13.2 Å². The first-order valence-electron chi connectivity index (χ1n) is 10.7. The molecule has 0 N–H and O–H groups in total. The molecule has 2 aromatic carbocycles. The van der Waals surface area contributed by atoms with E-state index in [1.807, 2.05) is 24.3 Å². The molecule has 0 bridgehead atoms. The second-order valence-corrected chi connectivity index (χ2v) is 7.72. The van der Waals surface area contributed by atoms with Crippen LogP contribution in [0.2, 0.25) is 0 Å². The third-order valence-electron chi connectivity index (χ3n) is 5.22. The van der Waals surface area contributed by atoms with Crippen molar-refractivity contribution >= 4 is 11.6 Å². The topological polar surface area (TPSA) is 69.6 Å². The number of nitrogens with zero attached hydrogens (tertiary/aromatic N) is 2. The van der Waals surface area contributed by atoms with E-state index in [4.69, 9.17) is 19.0 Å². The van der Waals surface area contributed by atoms with Crippen LogP contribution >= 0.6 is 0 Å². The highest BCUT2D eigenvalue weighted by atomic mass is 19.4. The number of oxime groups is 1. The summed E-state index contributed by atoms with van der Waals surface area (Å²) in [4.78, 5) is 19.3. The summed E-state index contributed by atoms with van der Waals surface area (Å²) < 4.78 is 54.8. The fourth-order valence-electron chi connectivity index (χ4n) is 3.35. The minimum absolute atomic E-state index is 0.0141. The number of hydrogen-bond donors (Lipinski definition) is 0. The minimum Gasteiger partial charge on any atom is -0.497 e. The van der Waals surface area contributed by atoms with Crippen LogP contribution in [0.3, 0.4) is 0 Å². The van der Waals surface area contributed by atoms with E-state index >= 15 is 0 Å². The number of benzene rings is 2. The predicted molar refractivity (Wildman–Crippen MR) is 119 cm³/mol. The average Bonchev–Trinajstić information content (AvgIpc) is 2.84. The Hall–Kier alpha value is -3.11. The number of carbonyl (C=O) groups is 1. The van der Waals surface area contributed by atoms with Crippen LogP contribution in [-0.2, 0) is 31.9 Å². The van der Waals surface area contributed by atoms with Crippen molar-refractivity contribution in [2.24, 2.45) is 5.16 Å². The van der Waals surface area contributed by atoms with E-state index in [1.54, 1.807) is 25.0 Å². The van der Waals surface area contributed by atoms with Gasteiger partial charge in [-0.05, 0) is 54.4 Å². The number of rotatable bonds is 9. The Morgan fingerprint density at radius 3 is 2.68 bits per heavy atom. The van der Waals surface area contributed by atoms with Crippen molar-refractivity contribution < 1.29 is 37.0 Å². The van der Waals surface area contributed by atoms with Crippen LogP contribution < -0.4 is 4.74 Å². The molecule has 1 amide bonds. The smallest absolute Gasteiger partial charge is 0.416 e. The summed E-state index contributed by atoms with van der Waals surface area (Å²) in [6.45, 7) is 2.76. The molecule has 7 nitrogen and oxygen atoms in total. The second kappa shape index (κ2) is 11.8. The number of amides is 1. The lowest BCUT2D eigenvalue weighted by Crippen LogP contribution is -2.48. The Labute approximate surface area is 196 Å². The molecule has 0 spiro atoms. The number of halogens is 3. The SMILES string of the molecule is COc1ccc(/C(C)=N\OCC(=O)N2CCO[C@H](COCc3cccc(C(F)(F)F)c3)C2)cc1. The summed E-state index contributed by atoms with van der Waals surface area (Å²) in [6, 6.07) is 12.3. The largest absolute Gasteiger partial charge is 0.497 e. The summed E-state index contributed by atoms with van der Waals surface area (Å²) in [7, 11) is 1.59. The molecule has 1 heterocycles. The fraction of sp³-hybridized carbons (Fsp3) is 0.417. The maximum absolute atomic E-state index is 12.8. The van der Waals surface area contributed by atoms with Crippen molar-refractivity contribution in [3.05, 3.63) is 65.2 Å². The highest BCUT2D eigenvalue weighted by Crippen LogP contribution is 2.29. The molecule has 1 saturated heterocycles. The number of hydrogen-bond acceptors (Lipinski definition) is 6. The van der Waals surface area contributed by atoms with Crippen LogP contribution in [0, 0.1) is 0 Å². The van der Waals surface area contributed by atoms with E-state index in [2.05, 4.69) is 5.16 Å². The van der Waals surface area contributed by atoms with Gasteiger partial charge in [-0.25, -0.2) is 0 Å². The molecule has 2 aromatic rings. The molecule has 1 atom stereocenters. The molecule has 34 heavy (non-hydrogen) atoms. The average molecular weight is 480 g/mol. The normalized spacial score (nSPS) is 16.9. The Balaban J connectivity index is 1.42. The van der Waals surface area contributed by atoms with Gasteiger partial charge in [-0.2, -0.15) is 13.2 Å². The number of morpholine rings is 1. The van der Waals surface area contributed by atoms with Crippen LogP contribution in [0.5, 0.6) is 5.75 Å². The van der Waals surface area contributed by atoms with Crippen molar-refractivity contribution in [1.82, 2.24) is 4.90 Å². The zero-order valence-corrected chi connectivity index (χ0v) is 19.0. The van der Waals surface area contributed by atoms with Gasteiger partial charge in [-0.15, -0.1) is 0 Å². The van der Waals surface area contributed by atoms with Gasteiger partial charge in [0.05, 0.1) is 44.3 Å². The van der Waals surface area contributed by atoms with Crippen LogP contribution in [-0.4, -0.2) is 62.6 Å². The Morgan fingerprint density at radius 1 is 1.21 bits per heavy atom. The fourth-order valence-corrected chi connectivity index (χ4v) is 3.35. The van der Waals surface area contributed by atoms with Gasteiger partial charge in [0.15, 0.2) is 6.61 Å². The maximum Gasteiger partial charge on any atom is 0.416 e. The summed E-state index contributed by atoms with van der Waals surface area (Å²) in [5, 5.41) is 4.00. The number of carbonyl (C=O) groups excluding carboxylic acids is 1. The van der Waals surface area contributed by atoms with Gasteiger partial charge >= 0.3 is 6.18 Å². The first-order valence-corrected chi connectivity index (χ1v) is 10.7. The lowest BCUT2D eigenvalue weighted by atomic mass is 10.1. The minimum atomic E-state index is -4.40. The molecule has 1 fully saturated rings. The number of alkyl halides is 3. The van der Waals surface area contributed by atoms with Gasteiger partial charge < -0.3 is 23.9 Å². The molecular weight excluding hydrogens is 453 g/mol. The first-order chi connectivity index (χ1) is 16.3. The van der Waals surface area contributed by atoms with Gasteiger partial charge in [0.25, 0.3) is 5.91 Å². The number of methoxy groups -OCH3 is 1. The van der Waals surface area contributed by atoms with Crippen molar-refractivity contribution in [3.8, 4) is 5.75 Å². The van der Waals surface area contributed by atoms with E-state index in [9.17, 15) is 18.0 Å². The van der Waals surface area contributed by atoms with E-state index in [1.165, 1.54) is 6.07 Å². The molecule has 10 heteroatoms. The van der Waals surface area contributed by atoms with Gasteiger partial charge in [0.1, 0.15) is 5.75 Å². The second-order valence-electron chi connectivity index (χ2n) is 7.72. The van der Waals surface area contributed by atoms with Gasteiger partial charge in [0, 0.05) is 13.1 Å². The third-order valence-corrected chi connectivity index (χ3v) is 5.22. The molecule has 184 valence electrons. The predicted octanol–water partition coefficient (Wildman–Crippen LogP) is 3.90. The molecule has 0 aliphatic carbocycles. The molecule has 1 aliphatic rings. The molecule has 3 rings (SSSR count). The van der Waals surface area contributed by atoms with Gasteiger partial charge in [-0.3, -0.25) is 4.79 Å².